The molecule has 0 aromatic heterocycles. The lowest BCUT2D eigenvalue weighted by molar-refractivity contribution is 0.377. The zero-order valence-electron chi connectivity index (χ0n) is 10.1. The number of hydrogen-bond donors (Lipinski definition) is 2. The van der Waals surface area contributed by atoms with Gasteiger partial charge in [-0.3, -0.25) is 0 Å². The van der Waals surface area contributed by atoms with Crippen LogP contribution in [0.5, 0.6) is 0 Å². The maximum atomic E-state index is 9.71. The van der Waals surface area contributed by atoms with Gasteiger partial charge in [0.15, 0.2) is 0 Å². The summed E-state index contributed by atoms with van der Waals surface area (Å²) >= 11 is 5.67. The normalized spacial score (nSPS) is 24.1. The largest absolute Gasteiger partial charge is 0.329 e. The molecule has 0 unspecified atom stereocenters. The van der Waals surface area contributed by atoms with Crippen molar-refractivity contribution in [2.24, 2.45) is 0 Å². The third kappa shape index (κ3) is 1.20. The Morgan fingerprint density at radius 3 is 1.69 bits per heavy atom. The van der Waals surface area contributed by atoms with Gasteiger partial charge in [0.1, 0.15) is 4.08 Å². The Bertz CT molecular complexity index is 389. The van der Waals surface area contributed by atoms with Crippen LogP contribution in [0.3, 0.4) is 0 Å². The summed E-state index contributed by atoms with van der Waals surface area (Å²) in [6.45, 7) is 8.60. The summed E-state index contributed by atoms with van der Waals surface area (Å²) in [5.41, 5.74) is 2.26. The van der Waals surface area contributed by atoms with Gasteiger partial charge in [-0.1, -0.05) is 52.0 Å². The maximum Gasteiger partial charge on any atom is 0.102 e. The number of fused-ring (bicyclic) bond motifs is 1. The van der Waals surface area contributed by atoms with Gasteiger partial charge in [-0.15, -0.1) is 0 Å². The third-order valence-corrected chi connectivity index (χ3v) is 6.75. The van der Waals surface area contributed by atoms with Crippen LogP contribution in [0.15, 0.2) is 24.3 Å². The molecule has 1 aliphatic rings. The molecular weight excluding hydrogens is 236 g/mol. The minimum atomic E-state index is -0.496. The smallest absolute Gasteiger partial charge is 0.102 e. The van der Waals surface area contributed by atoms with E-state index < -0.39 is 4.08 Å². The van der Waals surface area contributed by atoms with E-state index in [1.54, 1.807) is 0 Å². The molecule has 1 aliphatic carbocycles. The van der Waals surface area contributed by atoms with Crippen molar-refractivity contribution in [1.29, 1.82) is 0 Å². The highest BCUT2D eigenvalue weighted by atomic mass is 32.2. The zero-order valence-corrected chi connectivity index (χ0v) is 11.8. The van der Waals surface area contributed by atoms with Gasteiger partial charge in [-0.2, -0.15) is 12.6 Å². The van der Waals surface area contributed by atoms with Crippen molar-refractivity contribution in [2.75, 3.05) is 0 Å². The highest BCUT2D eigenvalue weighted by Crippen LogP contribution is 2.63. The first kappa shape index (κ1) is 12.3. The van der Waals surface area contributed by atoms with E-state index in [-0.39, 0.29) is 10.8 Å². The molecule has 0 saturated heterocycles. The lowest BCUT2D eigenvalue weighted by atomic mass is 9.80. The third-order valence-electron chi connectivity index (χ3n) is 4.10. The second-order valence-corrected chi connectivity index (χ2v) is 7.30. The Morgan fingerprint density at radius 1 is 1.00 bits per heavy atom. The van der Waals surface area contributed by atoms with Gasteiger partial charge >= 0.3 is 0 Å². The Kier molecular flexibility index (Phi) is 2.65. The van der Waals surface area contributed by atoms with E-state index in [0.29, 0.717) is 0 Å². The molecule has 1 N–H and O–H groups in total. The first-order valence-electron chi connectivity index (χ1n) is 5.44. The van der Waals surface area contributed by atoms with Gasteiger partial charge in [0.2, 0.25) is 0 Å². The Labute approximate surface area is 107 Å². The molecule has 88 valence electrons. The molecule has 2 rings (SSSR count). The fourth-order valence-corrected chi connectivity index (χ4v) is 3.86. The van der Waals surface area contributed by atoms with Gasteiger partial charge in [0, 0.05) is 22.9 Å². The first-order chi connectivity index (χ1) is 7.29. The predicted octanol–water partition coefficient (Wildman–Crippen LogP) is 4.09. The van der Waals surface area contributed by atoms with E-state index in [1.165, 1.54) is 11.1 Å². The molecule has 0 saturated carbocycles. The average Bonchev–Trinajstić information content (AvgIpc) is 2.37. The topological polar surface area (TPSA) is 20.2 Å². The monoisotopic (exact) mass is 254 g/mol. The number of hydrogen-bond acceptors (Lipinski definition) is 3. The van der Waals surface area contributed by atoms with Gasteiger partial charge in [0.05, 0.1) is 0 Å². The van der Waals surface area contributed by atoms with Crippen LogP contribution in [0.25, 0.3) is 0 Å². The standard InChI is InChI=1S/C13H18OS2/c1-11(2)9-7-5-6-8-10(9)12(3,4)13(11,15)16-14/h5-8,14-15H,1-4H3. The lowest BCUT2D eigenvalue weighted by Gasteiger charge is -2.43. The second kappa shape index (κ2) is 3.44. The molecule has 0 aliphatic heterocycles. The fourth-order valence-electron chi connectivity index (χ4n) is 2.95. The maximum absolute atomic E-state index is 9.71. The van der Waals surface area contributed by atoms with Gasteiger partial charge in [-0.05, 0) is 11.1 Å². The molecule has 3 heteroatoms. The van der Waals surface area contributed by atoms with E-state index >= 15 is 0 Å². The minimum Gasteiger partial charge on any atom is -0.329 e. The summed E-state index contributed by atoms with van der Waals surface area (Å²) in [5.74, 6) is 0. The molecule has 0 atom stereocenters. The molecule has 0 fully saturated rings. The van der Waals surface area contributed by atoms with Crippen molar-refractivity contribution in [3.63, 3.8) is 0 Å². The van der Waals surface area contributed by atoms with Crippen LogP contribution in [-0.4, -0.2) is 8.63 Å². The summed E-state index contributed by atoms with van der Waals surface area (Å²) in [6.07, 6.45) is 0. The number of benzene rings is 1. The predicted molar refractivity (Wildman–Crippen MR) is 74.4 cm³/mol. The highest BCUT2D eigenvalue weighted by Gasteiger charge is 2.61. The summed E-state index contributed by atoms with van der Waals surface area (Å²) in [6, 6.07) is 8.40. The van der Waals surface area contributed by atoms with Crippen molar-refractivity contribution < 1.29 is 4.55 Å². The van der Waals surface area contributed by atoms with Crippen molar-refractivity contribution in [1.82, 2.24) is 0 Å². The molecule has 0 amide bonds. The molecule has 0 radical (unpaired) electrons. The van der Waals surface area contributed by atoms with E-state index in [4.69, 9.17) is 12.6 Å². The molecule has 1 nitrogen and oxygen atoms in total. The fraction of sp³-hybridized carbons (Fsp3) is 0.538. The Balaban J connectivity index is 2.76. The van der Waals surface area contributed by atoms with Crippen LogP contribution in [-0.2, 0) is 10.8 Å². The van der Waals surface area contributed by atoms with Crippen molar-refractivity contribution >= 4 is 24.7 Å². The van der Waals surface area contributed by atoms with Crippen molar-refractivity contribution in [3.8, 4) is 0 Å². The van der Waals surface area contributed by atoms with Crippen LogP contribution in [0, 0.1) is 0 Å². The average molecular weight is 254 g/mol. The molecule has 1 aromatic carbocycles. The minimum absolute atomic E-state index is 0.157. The summed E-state index contributed by atoms with van der Waals surface area (Å²) in [4.78, 5) is 0. The quantitative estimate of drug-likeness (QED) is 0.447. The van der Waals surface area contributed by atoms with Crippen molar-refractivity contribution in [3.05, 3.63) is 35.4 Å². The van der Waals surface area contributed by atoms with Crippen LogP contribution in [0.2, 0.25) is 0 Å². The van der Waals surface area contributed by atoms with Crippen LogP contribution < -0.4 is 0 Å². The van der Waals surface area contributed by atoms with Gasteiger partial charge < -0.3 is 4.55 Å². The number of thiol groups is 1. The van der Waals surface area contributed by atoms with Crippen LogP contribution in [0.1, 0.15) is 38.8 Å². The highest BCUT2D eigenvalue weighted by molar-refractivity contribution is 8.08. The van der Waals surface area contributed by atoms with E-state index in [9.17, 15) is 4.55 Å². The van der Waals surface area contributed by atoms with Gasteiger partial charge in [0.25, 0.3) is 0 Å². The lowest BCUT2D eigenvalue weighted by Crippen LogP contribution is -2.46. The van der Waals surface area contributed by atoms with Crippen molar-refractivity contribution in [2.45, 2.75) is 42.6 Å². The first-order valence-corrected chi connectivity index (χ1v) is 6.66. The molecule has 16 heavy (non-hydrogen) atoms. The number of rotatable bonds is 1. The SMILES string of the molecule is CC1(C)c2ccccc2C(C)(C)C1(S)SO. The molecule has 1 aromatic rings. The molecular formula is C13H18OS2. The van der Waals surface area contributed by atoms with E-state index in [1.807, 2.05) is 0 Å². The zero-order chi connectivity index (χ0) is 12.2. The van der Waals surface area contributed by atoms with Crippen LogP contribution in [0.4, 0.5) is 0 Å². The van der Waals surface area contributed by atoms with E-state index in [2.05, 4.69) is 52.0 Å². The molecule has 0 bridgehead atoms. The molecule has 0 spiro atoms. The Hall–Kier alpha value is -0.120. The van der Waals surface area contributed by atoms with Gasteiger partial charge in [-0.25, -0.2) is 0 Å². The van der Waals surface area contributed by atoms with E-state index in [0.717, 1.165) is 12.0 Å². The summed E-state index contributed by atoms with van der Waals surface area (Å²) in [7, 11) is 0. The van der Waals surface area contributed by atoms with Crippen LogP contribution >= 0.6 is 24.7 Å². The summed E-state index contributed by atoms with van der Waals surface area (Å²) < 4.78 is 9.21. The Morgan fingerprint density at radius 2 is 1.38 bits per heavy atom. The summed E-state index contributed by atoms with van der Waals surface area (Å²) in [5, 5.41) is 0. The second-order valence-electron chi connectivity index (χ2n) is 5.53. The molecule has 0 heterocycles.